The molecule has 0 aliphatic rings. The maximum absolute atomic E-state index is 10.0. The molecule has 1 aromatic carbocycles. The first-order valence-corrected chi connectivity index (χ1v) is 14.9. The molecule has 3 nitrogen and oxygen atoms in total. The molecule has 0 saturated heterocycles. The molecule has 1 aromatic rings. The summed E-state index contributed by atoms with van der Waals surface area (Å²) in [6.45, 7) is 15.0. The molecule has 1 rings (SSSR count). The molecule has 176 valence electrons. The van der Waals surface area contributed by atoms with E-state index in [1.54, 1.807) is 0 Å². The normalized spacial score (nSPS) is 15.1. The van der Waals surface area contributed by atoms with Crippen molar-refractivity contribution in [1.82, 2.24) is 0 Å². The molecule has 0 heterocycles. The Balaban J connectivity index is 2.55. The average Bonchev–Trinajstić information content (AvgIpc) is 2.70. The minimum atomic E-state index is -1.84. The quantitative estimate of drug-likeness (QED) is 0.173. The molecule has 0 bridgehead atoms. The first-order valence-electron chi connectivity index (χ1n) is 12.0. The van der Waals surface area contributed by atoms with Crippen LogP contribution in [0, 0.1) is 0 Å². The van der Waals surface area contributed by atoms with Gasteiger partial charge >= 0.3 is 0 Å². The smallest absolute Gasteiger partial charge is 0.192 e. The molecule has 1 N–H and O–H groups in total. The van der Waals surface area contributed by atoms with Crippen LogP contribution in [0.4, 0.5) is 0 Å². The molecule has 0 spiro atoms. The van der Waals surface area contributed by atoms with Gasteiger partial charge in [-0.05, 0) is 43.0 Å². The minimum Gasteiger partial charge on any atom is -0.414 e. The van der Waals surface area contributed by atoms with Gasteiger partial charge in [0.1, 0.15) is 0 Å². The Labute approximate surface area is 192 Å². The lowest BCUT2D eigenvalue weighted by Gasteiger charge is -2.39. The summed E-state index contributed by atoms with van der Waals surface area (Å²) in [7, 11) is -1.84. The number of aliphatic hydroxyl groups excluding tert-OH is 1. The maximum Gasteiger partial charge on any atom is 0.192 e. The SMILES string of the molecule is CCCCC[C@@H](O)/C=C\C=C\C[C@H](CCOCc1ccccc1)O[Si](C)(C)C(C)(C)C. The highest BCUT2D eigenvalue weighted by atomic mass is 28.4. The molecule has 0 aromatic heterocycles. The number of hydrogen-bond acceptors (Lipinski definition) is 3. The third-order valence-corrected chi connectivity index (χ3v) is 10.6. The summed E-state index contributed by atoms with van der Waals surface area (Å²) in [5.74, 6) is 0. The molecule has 0 fully saturated rings. The Kier molecular flexibility index (Phi) is 13.3. The van der Waals surface area contributed by atoms with E-state index in [-0.39, 0.29) is 17.2 Å². The van der Waals surface area contributed by atoms with Gasteiger partial charge in [-0.1, -0.05) is 102 Å². The van der Waals surface area contributed by atoms with Gasteiger partial charge in [-0.2, -0.15) is 0 Å². The zero-order chi connectivity index (χ0) is 23.2. The van der Waals surface area contributed by atoms with Crippen molar-refractivity contribution in [3.8, 4) is 0 Å². The number of rotatable bonds is 15. The highest BCUT2D eigenvalue weighted by Gasteiger charge is 2.38. The Bertz CT molecular complexity index is 632. The van der Waals surface area contributed by atoms with Gasteiger partial charge in [0.2, 0.25) is 0 Å². The van der Waals surface area contributed by atoms with Crippen LogP contribution in [0.5, 0.6) is 0 Å². The first-order chi connectivity index (χ1) is 14.7. The second kappa shape index (κ2) is 14.8. The van der Waals surface area contributed by atoms with E-state index in [9.17, 15) is 5.11 Å². The molecule has 31 heavy (non-hydrogen) atoms. The zero-order valence-corrected chi connectivity index (χ0v) is 21.8. The fourth-order valence-corrected chi connectivity index (χ4v) is 4.40. The van der Waals surface area contributed by atoms with Crippen molar-refractivity contribution in [2.75, 3.05) is 6.61 Å². The Hall–Kier alpha value is -1.20. The van der Waals surface area contributed by atoms with E-state index in [4.69, 9.17) is 9.16 Å². The van der Waals surface area contributed by atoms with E-state index >= 15 is 0 Å². The van der Waals surface area contributed by atoms with Crippen molar-refractivity contribution >= 4 is 8.32 Å². The number of ether oxygens (including phenoxy) is 1. The van der Waals surface area contributed by atoms with Crippen LogP contribution in [0.1, 0.15) is 71.8 Å². The van der Waals surface area contributed by atoms with E-state index < -0.39 is 8.32 Å². The van der Waals surface area contributed by atoms with Crippen LogP contribution in [-0.4, -0.2) is 32.2 Å². The van der Waals surface area contributed by atoms with Crippen LogP contribution >= 0.6 is 0 Å². The Morgan fingerprint density at radius 3 is 2.39 bits per heavy atom. The van der Waals surface area contributed by atoms with Gasteiger partial charge in [-0.3, -0.25) is 0 Å². The second-order valence-corrected chi connectivity index (χ2v) is 14.7. The van der Waals surface area contributed by atoms with Gasteiger partial charge in [0, 0.05) is 6.61 Å². The Morgan fingerprint density at radius 1 is 1.03 bits per heavy atom. The van der Waals surface area contributed by atoms with E-state index in [0.29, 0.717) is 13.2 Å². The molecule has 0 saturated carbocycles. The lowest BCUT2D eigenvalue weighted by Crippen LogP contribution is -2.44. The highest BCUT2D eigenvalue weighted by molar-refractivity contribution is 6.74. The summed E-state index contributed by atoms with van der Waals surface area (Å²) in [5, 5.41) is 10.2. The van der Waals surface area contributed by atoms with E-state index in [1.807, 2.05) is 36.4 Å². The van der Waals surface area contributed by atoms with Crippen LogP contribution in [0.3, 0.4) is 0 Å². The number of allylic oxidation sites excluding steroid dienone is 2. The van der Waals surface area contributed by atoms with Gasteiger partial charge in [-0.25, -0.2) is 0 Å². The maximum atomic E-state index is 10.0. The van der Waals surface area contributed by atoms with Gasteiger partial charge in [0.25, 0.3) is 0 Å². The summed E-state index contributed by atoms with van der Waals surface area (Å²) < 4.78 is 12.6. The largest absolute Gasteiger partial charge is 0.414 e. The summed E-state index contributed by atoms with van der Waals surface area (Å²) in [4.78, 5) is 0. The van der Waals surface area contributed by atoms with Crippen molar-refractivity contribution < 1.29 is 14.3 Å². The number of aliphatic hydroxyl groups is 1. The van der Waals surface area contributed by atoms with Crippen LogP contribution in [0.2, 0.25) is 18.1 Å². The first kappa shape index (κ1) is 27.8. The van der Waals surface area contributed by atoms with Gasteiger partial charge in [0.15, 0.2) is 8.32 Å². The minimum absolute atomic E-state index is 0.149. The second-order valence-electron chi connectivity index (χ2n) is 9.94. The van der Waals surface area contributed by atoms with Crippen LogP contribution in [0.25, 0.3) is 0 Å². The van der Waals surface area contributed by atoms with E-state index in [0.717, 1.165) is 25.7 Å². The predicted octanol–water partition coefficient (Wildman–Crippen LogP) is 7.43. The molecule has 0 aliphatic heterocycles. The fraction of sp³-hybridized carbons (Fsp3) is 0.630. The van der Waals surface area contributed by atoms with Crippen molar-refractivity contribution in [2.45, 2.75) is 103 Å². The van der Waals surface area contributed by atoms with Crippen LogP contribution < -0.4 is 0 Å². The predicted molar refractivity (Wildman–Crippen MR) is 136 cm³/mol. The molecule has 0 amide bonds. The van der Waals surface area contributed by atoms with E-state index in [1.165, 1.54) is 18.4 Å². The van der Waals surface area contributed by atoms with Gasteiger partial charge in [0.05, 0.1) is 18.8 Å². The van der Waals surface area contributed by atoms with Gasteiger partial charge < -0.3 is 14.3 Å². The Morgan fingerprint density at radius 2 is 1.74 bits per heavy atom. The molecule has 0 radical (unpaired) electrons. The topological polar surface area (TPSA) is 38.7 Å². The lowest BCUT2D eigenvalue weighted by atomic mass is 10.1. The fourth-order valence-electron chi connectivity index (χ4n) is 3.00. The molecule has 0 aliphatic carbocycles. The van der Waals surface area contributed by atoms with Crippen molar-refractivity contribution in [1.29, 1.82) is 0 Å². The van der Waals surface area contributed by atoms with Gasteiger partial charge in [-0.15, -0.1) is 0 Å². The summed E-state index contributed by atoms with van der Waals surface area (Å²) in [6.07, 6.45) is 13.9. The molecule has 2 atom stereocenters. The number of hydrogen-bond donors (Lipinski definition) is 1. The zero-order valence-electron chi connectivity index (χ0n) is 20.8. The van der Waals surface area contributed by atoms with Crippen molar-refractivity contribution in [2.24, 2.45) is 0 Å². The molecular formula is C27H46O3Si. The summed E-state index contributed by atoms with van der Waals surface area (Å²) >= 11 is 0. The third-order valence-electron chi connectivity index (χ3n) is 6.05. The molecular weight excluding hydrogens is 400 g/mol. The lowest BCUT2D eigenvalue weighted by molar-refractivity contribution is 0.0783. The highest BCUT2D eigenvalue weighted by Crippen LogP contribution is 2.38. The third kappa shape index (κ3) is 12.4. The van der Waals surface area contributed by atoms with Crippen LogP contribution in [0.15, 0.2) is 54.6 Å². The van der Waals surface area contributed by atoms with Crippen molar-refractivity contribution in [3.63, 3.8) is 0 Å². The molecule has 0 unspecified atom stereocenters. The monoisotopic (exact) mass is 446 g/mol. The summed E-state index contributed by atoms with van der Waals surface area (Å²) in [5.41, 5.74) is 1.20. The van der Waals surface area contributed by atoms with E-state index in [2.05, 4.69) is 59.0 Å². The molecule has 4 heteroatoms. The number of unbranched alkanes of at least 4 members (excludes halogenated alkanes) is 2. The summed E-state index contributed by atoms with van der Waals surface area (Å²) in [6, 6.07) is 10.3. The standard InChI is InChI=1S/C27H46O3Si/c1-7-8-11-18-25(28)19-14-10-15-20-26(30-31(5,6)27(2,3)4)21-22-29-23-24-16-12-9-13-17-24/h9-10,12-17,19,25-26,28H,7-8,11,18,20-23H2,1-6H3/b15-10+,19-14-/t25-,26-/m1/s1. The van der Waals surface area contributed by atoms with Crippen LogP contribution in [-0.2, 0) is 15.8 Å². The average molecular weight is 447 g/mol. The number of benzene rings is 1. The van der Waals surface area contributed by atoms with Crippen molar-refractivity contribution in [3.05, 3.63) is 60.2 Å².